The Morgan fingerprint density at radius 3 is 2.78 bits per heavy atom. The van der Waals surface area contributed by atoms with Gasteiger partial charge >= 0.3 is 5.97 Å². The number of carbonyl (C=O) groups is 2. The van der Waals surface area contributed by atoms with Crippen LogP contribution in [-0.4, -0.2) is 30.4 Å². The molecule has 0 bridgehead atoms. The zero-order valence-electron chi connectivity index (χ0n) is 9.65. The number of anilines is 1. The van der Waals surface area contributed by atoms with Crippen molar-refractivity contribution in [3.63, 3.8) is 0 Å². The fourth-order valence-corrected chi connectivity index (χ4v) is 2.71. The van der Waals surface area contributed by atoms with Crippen molar-refractivity contribution < 1.29 is 14.3 Å². The predicted molar refractivity (Wildman–Crippen MR) is 75.2 cm³/mol. The fourth-order valence-electron chi connectivity index (χ4n) is 1.85. The van der Waals surface area contributed by atoms with Crippen molar-refractivity contribution in [2.24, 2.45) is 0 Å². The molecule has 1 atom stereocenters. The summed E-state index contributed by atoms with van der Waals surface area (Å²) in [6, 6.07) is 5.22. The van der Waals surface area contributed by atoms with E-state index in [2.05, 4.69) is 31.9 Å². The van der Waals surface area contributed by atoms with Gasteiger partial charge < -0.3 is 9.64 Å². The molecule has 6 heteroatoms. The lowest BCUT2D eigenvalue weighted by Gasteiger charge is -2.17. The van der Waals surface area contributed by atoms with E-state index in [4.69, 9.17) is 4.74 Å². The summed E-state index contributed by atoms with van der Waals surface area (Å²) < 4.78 is 5.35. The maximum atomic E-state index is 11.9. The highest BCUT2D eigenvalue weighted by Crippen LogP contribution is 2.29. The molecule has 18 heavy (non-hydrogen) atoms. The van der Waals surface area contributed by atoms with Gasteiger partial charge in [0.25, 0.3) is 0 Å². The second-order valence-electron chi connectivity index (χ2n) is 3.90. The largest absolute Gasteiger partial charge is 0.465 e. The minimum atomic E-state index is -0.425. The van der Waals surface area contributed by atoms with Crippen LogP contribution in [0.3, 0.4) is 0 Å². The van der Waals surface area contributed by atoms with Gasteiger partial charge in [-0.1, -0.05) is 15.9 Å². The molecule has 1 fully saturated rings. The van der Waals surface area contributed by atoms with Crippen LogP contribution in [-0.2, 0) is 9.53 Å². The Morgan fingerprint density at radius 2 is 2.22 bits per heavy atom. The summed E-state index contributed by atoms with van der Waals surface area (Å²) in [6.07, 6.45) is 0.766. The van der Waals surface area contributed by atoms with Gasteiger partial charge in [0, 0.05) is 16.7 Å². The van der Waals surface area contributed by atoms with Crippen molar-refractivity contribution in [2.45, 2.75) is 11.2 Å². The number of esters is 1. The number of benzene rings is 1. The number of rotatable bonds is 2. The third kappa shape index (κ3) is 2.44. The number of nitrogens with zero attached hydrogens (tertiary/aromatic N) is 1. The van der Waals surface area contributed by atoms with E-state index in [1.807, 2.05) is 0 Å². The Labute approximate surface area is 122 Å². The van der Waals surface area contributed by atoms with Crippen molar-refractivity contribution in [1.82, 2.24) is 0 Å². The highest BCUT2D eigenvalue weighted by molar-refractivity contribution is 9.10. The number of alkyl halides is 1. The highest BCUT2D eigenvalue weighted by atomic mass is 79.9. The van der Waals surface area contributed by atoms with E-state index in [0.717, 1.165) is 6.42 Å². The SMILES string of the molecule is COC(=O)c1cc(N2CCC(Br)C2=O)ccc1Br. The summed E-state index contributed by atoms with van der Waals surface area (Å²) in [6.45, 7) is 0.650. The van der Waals surface area contributed by atoms with Crippen molar-refractivity contribution in [3.8, 4) is 0 Å². The number of amides is 1. The van der Waals surface area contributed by atoms with Gasteiger partial charge in [-0.15, -0.1) is 0 Å². The molecule has 0 saturated carbocycles. The molecule has 2 rings (SSSR count). The third-order valence-electron chi connectivity index (χ3n) is 2.81. The first-order chi connectivity index (χ1) is 8.54. The molecule has 0 N–H and O–H groups in total. The number of ether oxygens (including phenoxy) is 1. The summed E-state index contributed by atoms with van der Waals surface area (Å²) in [7, 11) is 1.33. The van der Waals surface area contributed by atoms with E-state index in [1.165, 1.54) is 7.11 Å². The quantitative estimate of drug-likeness (QED) is 0.589. The lowest BCUT2D eigenvalue weighted by molar-refractivity contribution is -0.116. The van der Waals surface area contributed by atoms with Crippen LogP contribution in [0.25, 0.3) is 0 Å². The number of hydrogen-bond donors (Lipinski definition) is 0. The molecular weight excluding hydrogens is 366 g/mol. The smallest absolute Gasteiger partial charge is 0.339 e. The van der Waals surface area contributed by atoms with Gasteiger partial charge in [-0.25, -0.2) is 4.79 Å². The van der Waals surface area contributed by atoms with Gasteiger partial charge in [0.2, 0.25) is 5.91 Å². The molecule has 1 unspecified atom stereocenters. The molecule has 1 saturated heterocycles. The van der Waals surface area contributed by atoms with Crippen LogP contribution < -0.4 is 4.90 Å². The minimum Gasteiger partial charge on any atom is -0.465 e. The second kappa shape index (κ2) is 5.40. The molecule has 1 amide bonds. The van der Waals surface area contributed by atoms with E-state index in [-0.39, 0.29) is 10.7 Å². The average Bonchev–Trinajstić information content (AvgIpc) is 2.70. The molecule has 0 spiro atoms. The normalized spacial score (nSPS) is 19.2. The Bertz CT molecular complexity index is 504. The molecule has 0 aliphatic carbocycles. The summed E-state index contributed by atoms with van der Waals surface area (Å²) in [4.78, 5) is 25.0. The van der Waals surface area contributed by atoms with Gasteiger partial charge in [0.05, 0.1) is 17.5 Å². The first-order valence-corrected chi connectivity index (χ1v) is 7.08. The molecule has 1 aromatic rings. The third-order valence-corrected chi connectivity index (χ3v) is 4.35. The molecule has 0 aromatic heterocycles. The number of hydrogen-bond acceptors (Lipinski definition) is 3. The zero-order chi connectivity index (χ0) is 13.3. The van der Waals surface area contributed by atoms with Gasteiger partial charge in [-0.05, 0) is 40.5 Å². The maximum absolute atomic E-state index is 11.9. The van der Waals surface area contributed by atoms with Gasteiger partial charge in [0.15, 0.2) is 0 Å². The van der Waals surface area contributed by atoms with Crippen LogP contribution >= 0.6 is 31.9 Å². The first kappa shape index (κ1) is 13.5. The molecule has 4 nitrogen and oxygen atoms in total. The number of carbonyl (C=O) groups excluding carboxylic acids is 2. The molecule has 1 aliphatic rings. The molecule has 1 aromatic carbocycles. The molecular formula is C12H11Br2NO3. The monoisotopic (exact) mass is 375 g/mol. The predicted octanol–water partition coefficient (Wildman–Crippen LogP) is 2.74. The Morgan fingerprint density at radius 1 is 1.50 bits per heavy atom. The topological polar surface area (TPSA) is 46.6 Å². The Kier molecular flexibility index (Phi) is 4.07. The van der Waals surface area contributed by atoms with Crippen molar-refractivity contribution in [1.29, 1.82) is 0 Å². The maximum Gasteiger partial charge on any atom is 0.339 e. The lowest BCUT2D eigenvalue weighted by Crippen LogP contribution is -2.27. The van der Waals surface area contributed by atoms with Crippen LogP contribution in [0.5, 0.6) is 0 Å². The van der Waals surface area contributed by atoms with E-state index in [0.29, 0.717) is 22.3 Å². The molecule has 1 heterocycles. The van der Waals surface area contributed by atoms with Gasteiger partial charge in [0.1, 0.15) is 0 Å². The molecule has 1 aliphatic heterocycles. The van der Waals surface area contributed by atoms with E-state index < -0.39 is 5.97 Å². The van der Waals surface area contributed by atoms with E-state index in [9.17, 15) is 9.59 Å². The summed E-state index contributed by atoms with van der Waals surface area (Å²) in [5, 5.41) is 0. The van der Waals surface area contributed by atoms with E-state index in [1.54, 1.807) is 23.1 Å². The van der Waals surface area contributed by atoms with Crippen molar-refractivity contribution >= 4 is 49.4 Å². The average molecular weight is 377 g/mol. The summed E-state index contributed by atoms with van der Waals surface area (Å²) in [5.41, 5.74) is 1.13. The van der Waals surface area contributed by atoms with Crippen LogP contribution in [0.4, 0.5) is 5.69 Å². The van der Waals surface area contributed by atoms with Crippen LogP contribution in [0.15, 0.2) is 22.7 Å². The minimum absolute atomic E-state index is 0.0214. The van der Waals surface area contributed by atoms with Crippen molar-refractivity contribution in [3.05, 3.63) is 28.2 Å². The second-order valence-corrected chi connectivity index (χ2v) is 5.86. The molecule has 0 radical (unpaired) electrons. The molecule has 96 valence electrons. The first-order valence-electron chi connectivity index (χ1n) is 5.38. The van der Waals surface area contributed by atoms with Gasteiger partial charge in [-0.3, -0.25) is 4.79 Å². The summed E-state index contributed by atoms with van der Waals surface area (Å²) in [5.74, 6) is -0.404. The van der Waals surface area contributed by atoms with Crippen molar-refractivity contribution in [2.75, 3.05) is 18.6 Å². The highest BCUT2D eigenvalue weighted by Gasteiger charge is 2.30. The van der Waals surface area contributed by atoms with E-state index >= 15 is 0 Å². The van der Waals surface area contributed by atoms with Crippen LogP contribution in [0.2, 0.25) is 0 Å². The Balaban J connectivity index is 2.36. The standard InChI is InChI=1S/C12H11Br2NO3/c1-18-12(17)8-6-7(2-3-9(8)13)15-5-4-10(14)11(15)16/h2-3,6,10H,4-5H2,1H3. The van der Waals surface area contributed by atoms with Crippen LogP contribution in [0.1, 0.15) is 16.8 Å². The van der Waals surface area contributed by atoms with Crippen LogP contribution in [0, 0.1) is 0 Å². The number of halogens is 2. The van der Waals surface area contributed by atoms with Gasteiger partial charge in [-0.2, -0.15) is 0 Å². The summed E-state index contributed by atoms with van der Waals surface area (Å²) >= 11 is 6.62. The fraction of sp³-hybridized carbons (Fsp3) is 0.333. The lowest BCUT2D eigenvalue weighted by atomic mass is 10.2. The Hall–Kier alpha value is -0.880. The number of methoxy groups -OCH3 is 1. The zero-order valence-corrected chi connectivity index (χ0v) is 12.8.